The predicted octanol–water partition coefficient (Wildman–Crippen LogP) is 0.205. The minimum atomic E-state index is -1.57. The van der Waals surface area contributed by atoms with Gasteiger partial charge in [-0.15, -0.1) is 0 Å². The number of nitrogens with one attached hydrogen (secondary N) is 1. The van der Waals surface area contributed by atoms with E-state index in [1.54, 1.807) is 0 Å². The van der Waals surface area contributed by atoms with Gasteiger partial charge in [-0.25, -0.2) is 4.79 Å². The van der Waals surface area contributed by atoms with Gasteiger partial charge in [-0.05, 0) is 12.1 Å². The Labute approximate surface area is 189 Å². The number of esters is 4. The molecule has 1 aromatic carbocycles. The van der Waals surface area contributed by atoms with Crippen molar-refractivity contribution in [1.82, 2.24) is 5.32 Å². The molecule has 1 aliphatic rings. The maximum Gasteiger partial charge on any atom is 0.344 e. The van der Waals surface area contributed by atoms with Gasteiger partial charge in [0.2, 0.25) is 12.2 Å². The fourth-order valence-corrected chi connectivity index (χ4v) is 3.21. The molecule has 0 saturated carbocycles. The zero-order chi connectivity index (χ0) is 24.7. The maximum absolute atomic E-state index is 12.7. The summed E-state index contributed by atoms with van der Waals surface area (Å²) in [6, 6.07) is 4.25. The first-order chi connectivity index (χ1) is 15.5. The summed E-state index contributed by atoms with van der Waals surface area (Å²) in [5, 5.41) is 12.4. The van der Waals surface area contributed by atoms with Gasteiger partial charge >= 0.3 is 23.9 Å². The molecule has 1 aliphatic heterocycles. The fourth-order valence-electron chi connectivity index (χ4n) is 3.21. The summed E-state index contributed by atoms with van der Waals surface area (Å²) in [6.45, 7) is 4.06. The van der Waals surface area contributed by atoms with Gasteiger partial charge in [-0.1, -0.05) is 12.1 Å². The Kier molecular flexibility index (Phi) is 8.74. The van der Waals surface area contributed by atoms with Gasteiger partial charge in [-0.3, -0.25) is 19.2 Å². The number of amides is 1. The van der Waals surface area contributed by atoms with Crippen LogP contribution in [0.4, 0.5) is 0 Å². The molecule has 5 atom stereocenters. The van der Waals surface area contributed by atoms with Gasteiger partial charge in [-0.2, -0.15) is 0 Å². The lowest BCUT2D eigenvalue weighted by atomic mass is 9.96. The Balaban J connectivity index is 2.45. The molecule has 180 valence electrons. The van der Waals surface area contributed by atoms with Crippen LogP contribution in [0, 0.1) is 0 Å². The highest BCUT2D eigenvalue weighted by Gasteiger charge is 2.52. The van der Waals surface area contributed by atoms with Crippen molar-refractivity contribution in [3.05, 3.63) is 29.8 Å². The van der Waals surface area contributed by atoms with Crippen molar-refractivity contribution < 1.29 is 52.8 Å². The van der Waals surface area contributed by atoms with Crippen LogP contribution in [0.25, 0.3) is 0 Å². The molecule has 1 aromatic rings. The van der Waals surface area contributed by atoms with Crippen LogP contribution in [-0.2, 0) is 42.9 Å². The molecule has 0 aromatic heterocycles. The third kappa shape index (κ3) is 7.17. The number of para-hydroxylation sites is 1. The van der Waals surface area contributed by atoms with E-state index in [0.29, 0.717) is 0 Å². The largest absolute Gasteiger partial charge is 0.507 e. The molecule has 1 amide bonds. The van der Waals surface area contributed by atoms with Crippen LogP contribution in [0.5, 0.6) is 5.75 Å². The quantitative estimate of drug-likeness (QED) is 0.416. The molecule has 1 saturated heterocycles. The summed E-state index contributed by atoms with van der Waals surface area (Å²) in [5.74, 6) is -4.18. The molecule has 12 nitrogen and oxygen atoms in total. The number of carbonyl (C=O) groups is 5. The van der Waals surface area contributed by atoms with Crippen molar-refractivity contribution in [3.8, 4) is 5.75 Å². The van der Waals surface area contributed by atoms with Crippen LogP contribution < -0.4 is 5.32 Å². The number of rotatable bonds is 7. The molecule has 0 bridgehead atoms. The van der Waals surface area contributed by atoms with E-state index >= 15 is 0 Å². The predicted molar refractivity (Wildman–Crippen MR) is 108 cm³/mol. The second-order valence-corrected chi connectivity index (χ2v) is 7.14. The minimum absolute atomic E-state index is 0.189. The van der Waals surface area contributed by atoms with Crippen LogP contribution >= 0.6 is 0 Å². The summed E-state index contributed by atoms with van der Waals surface area (Å²) >= 11 is 0. The average molecular weight is 467 g/mol. The number of phenolic OH excluding ortho intramolecular Hbond substituents is 1. The first kappa shape index (κ1) is 25.6. The highest BCUT2D eigenvalue weighted by molar-refractivity contribution is 5.92. The summed E-state index contributed by atoms with van der Waals surface area (Å²) < 4.78 is 26.6. The molecule has 12 heteroatoms. The molecule has 2 N–H and O–H groups in total. The van der Waals surface area contributed by atoms with Gasteiger partial charge in [0.1, 0.15) is 30.1 Å². The highest BCUT2D eigenvalue weighted by atomic mass is 16.7. The van der Waals surface area contributed by atoms with E-state index in [-0.39, 0.29) is 11.3 Å². The van der Waals surface area contributed by atoms with Crippen LogP contribution in [-0.4, -0.2) is 72.1 Å². The van der Waals surface area contributed by atoms with Gasteiger partial charge in [0.25, 0.3) is 0 Å². The van der Waals surface area contributed by atoms with Crippen LogP contribution in [0.15, 0.2) is 24.3 Å². The lowest BCUT2D eigenvalue weighted by molar-refractivity contribution is -0.263. The number of carbonyl (C=O) groups excluding carboxylic acids is 5. The minimum Gasteiger partial charge on any atom is -0.507 e. The van der Waals surface area contributed by atoms with E-state index in [1.807, 2.05) is 0 Å². The average Bonchev–Trinajstić information content (AvgIpc) is 2.70. The Hall–Kier alpha value is -3.67. The smallest absolute Gasteiger partial charge is 0.344 e. The Morgan fingerprint density at radius 3 is 2.06 bits per heavy atom. The second-order valence-electron chi connectivity index (χ2n) is 7.14. The Morgan fingerprint density at radius 1 is 0.909 bits per heavy atom. The molecular formula is C21H25NO11. The summed E-state index contributed by atoms with van der Waals surface area (Å²) in [4.78, 5) is 59.4. The lowest BCUT2D eigenvalue weighted by Gasteiger charge is -2.44. The number of hydrogen-bond acceptors (Lipinski definition) is 11. The van der Waals surface area contributed by atoms with E-state index in [2.05, 4.69) is 5.32 Å². The fraction of sp³-hybridized carbons (Fsp3) is 0.476. The van der Waals surface area contributed by atoms with Gasteiger partial charge < -0.3 is 34.1 Å². The normalized spacial score (nSPS) is 24.2. The van der Waals surface area contributed by atoms with Crippen molar-refractivity contribution >= 4 is 29.8 Å². The topological polar surface area (TPSA) is 164 Å². The molecule has 0 radical (unpaired) electrons. The number of benzene rings is 1. The first-order valence-electron chi connectivity index (χ1n) is 9.89. The Morgan fingerprint density at radius 2 is 1.52 bits per heavy atom. The lowest BCUT2D eigenvalue weighted by Crippen LogP contribution is -2.66. The van der Waals surface area contributed by atoms with Crippen LogP contribution in [0.3, 0.4) is 0 Å². The zero-order valence-electron chi connectivity index (χ0n) is 18.4. The molecule has 1 heterocycles. The number of aromatic hydroxyl groups is 1. The maximum atomic E-state index is 12.7. The Bertz CT molecular complexity index is 915. The van der Waals surface area contributed by atoms with Crippen molar-refractivity contribution in [3.63, 3.8) is 0 Å². The van der Waals surface area contributed by atoms with E-state index in [4.69, 9.17) is 23.7 Å². The molecule has 0 spiro atoms. The van der Waals surface area contributed by atoms with Crippen molar-refractivity contribution in [2.75, 3.05) is 6.61 Å². The van der Waals surface area contributed by atoms with Crippen LogP contribution in [0.2, 0.25) is 0 Å². The van der Waals surface area contributed by atoms with Crippen molar-refractivity contribution in [2.45, 2.75) is 58.3 Å². The summed E-state index contributed by atoms with van der Waals surface area (Å²) in [7, 11) is 0. The van der Waals surface area contributed by atoms with E-state index in [1.165, 1.54) is 31.2 Å². The van der Waals surface area contributed by atoms with Crippen LogP contribution in [0.1, 0.15) is 38.1 Å². The number of phenols is 1. The van der Waals surface area contributed by atoms with Gasteiger partial charge in [0.15, 0.2) is 12.2 Å². The monoisotopic (exact) mass is 467 g/mol. The first-order valence-corrected chi connectivity index (χ1v) is 9.89. The molecule has 2 rings (SSSR count). The number of hydrogen-bond donors (Lipinski definition) is 2. The van der Waals surface area contributed by atoms with Gasteiger partial charge in [0.05, 0.1) is 0 Å². The third-order valence-electron chi connectivity index (χ3n) is 4.42. The zero-order valence-corrected chi connectivity index (χ0v) is 18.4. The molecule has 0 unspecified atom stereocenters. The van der Waals surface area contributed by atoms with Crippen molar-refractivity contribution in [2.24, 2.45) is 0 Å². The standard InChI is InChI=1S/C21H25NO11/c1-10(23)22-17-19(31-13(4)26)18(30-12(3)25)16(9-29-11(2)24)32-21(17)33-20(28)14-7-5-6-8-15(14)27/h5-8,16-19,21,27H,9H2,1-4H3,(H,22,23)/t16-,17+,18-,19+,21+/m1/s1. The van der Waals surface area contributed by atoms with E-state index in [0.717, 1.165) is 20.8 Å². The highest BCUT2D eigenvalue weighted by Crippen LogP contribution is 2.29. The molecule has 0 aliphatic carbocycles. The second kappa shape index (κ2) is 11.3. The molecular weight excluding hydrogens is 442 g/mol. The van der Waals surface area contributed by atoms with Gasteiger partial charge in [0, 0.05) is 27.7 Å². The van der Waals surface area contributed by atoms with E-state index < -0.39 is 67.0 Å². The molecule has 1 fully saturated rings. The van der Waals surface area contributed by atoms with Crippen molar-refractivity contribution in [1.29, 1.82) is 0 Å². The SMILES string of the molecule is CC(=O)N[C@@H]1[C@H](OC(=O)c2ccccc2O)O[C@H](COC(C)=O)[C@@H](OC(C)=O)[C@H]1OC(C)=O. The number of ether oxygens (including phenoxy) is 5. The third-order valence-corrected chi connectivity index (χ3v) is 4.42. The summed E-state index contributed by atoms with van der Waals surface area (Å²) in [6.07, 6.45) is -5.48. The van der Waals surface area contributed by atoms with E-state index in [9.17, 15) is 29.1 Å². The molecule has 33 heavy (non-hydrogen) atoms. The summed E-state index contributed by atoms with van der Waals surface area (Å²) in [5.41, 5.74) is -0.189.